The number of benzene rings is 1. The van der Waals surface area contributed by atoms with Crippen LogP contribution in [-0.2, 0) is 10.0 Å². The number of anilines is 1. The Labute approximate surface area is 121 Å². The smallest absolute Gasteiger partial charge is 0.337 e. The first-order valence-electron chi connectivity index (χ1n) is 5.05. The summed E-state index contributed by atoms with van der Waals surface area (Å²) in [4.78, 5) is 11.1. The number of hydrogen-bond acceptors (Lipinski definition) is 3. The highest BCUT2D eigenvalue weighted by Crippen LogP contribution is 2.35. The molecule has 0 bridgehead atoms. The number of carboxylic acid groups (broad SMARTS) is 1. The van der Waals surface area contributed by atoms with Crippen LogP contribution in [0.15, 0.2) is 21.1 Å². The quantitative estimate of drug-likeness (QED) is 0.816. The van der Waals surface area contributed by atoms with Crippen LogP contribution in [0.3, 0.4) is 0 Å². The lowest BCUT2D eigenvalue weighted by molar-refractivity contribution is 0.0698. The number of sulfonamides is 1. The van der Waals surface area contributed by atoms with Crippen LogP contribution in [-0.4, -0.2) is 24.7 Å². The topological polar surface area (TPSA) is 83.5 Å². The monoisotopic (exact) mass is 397 g/mol. The highest BCUT2D eigenvalue weighted by atomic mass is 79.9. The Balaban J connectivity index is 2.46. The molecule has 1 fully saturated rings. The minimum absolute atomic E-state index is 0.0672. The Morgan fingerprint density at radius 1 is 1.33 bits per heavy atom. The van der Waals surface area contributed by atoms with Crippen molar-refractivity contribution >= 4 is 53.5 Å². The van der Waals surface area contributed by atoms with Gasteiger partial charge in [0, 0.05) is 8.95 Å². The Bertz CT molecular complexity index is 611. The molecule has 0 saturated heterocycles. The molecular formula is C10H9Br2NO4S. The van der Waals surface area contributed by atoms with Crippen molar-refractivity contribution in [3.63, 3.8) is 0 Å². The summed E-state index contributed by atoms with van der Waals surface area (Å²) in [7, 11) is -3.49. The maximum Gasteiger partial charge on any atom is 0.337 e. The summed E-state index contributed by atoms with van der Waals surface area (Å²) in [5.74, 6) is -1.19. The zero-order valence-electron chi connectivity index (χ0n) is 8.98. The van der Waals surface area contributed by atoms with Gasteiger partial charge < -0.3 is 5.11 Å². The number of hydrogen-bond donors (Lipinski definition) is 2. The maximum atomic E-state index is 11.8. The molecule has 8 heteroatoms. The van der Waals surface area contributed by atoms with E-state index in [1.165, 1.54) is 6.07 Å². The van der Waals surface area contributed by atoms with E-state index >= 15 is 0 Å². The van der Waals surface area contributed by atoms with E-state index < -0.39 is 21.2 Å². The number of halogens is 2. The molecule has 1 saturated carbocycles. The van der Waals surface area contributed by atoms with Crippen LogP contribution in [0.4, 0.5) is 5.69 Å². The fourth-order valence-corrected chi connectivity index (χ4v) is 4.33. The molecule has 2 rings (SSSR count). The van der Waals surface area contributed by atoms with Crippen LogP contribution in [0.1, 0.15) is 23.2 Å². The SMILES string of the molecule is O=C(O)c1cc(Br)cc(Br)c1NS(=O)(=O)C1CC1. The van der Waals surface area contributed by atoms with Crippen molar-refractivity contribution in [2.75, 3.05) is 4.72 Å². The summed E-state index contributed by atoms with van der Waals surface area (Å²) in [6.07, 6.45) is 1.23. The third-order valence-corrected chi connectivity index (χ3v) is 5.41. The van der Waals surface area contributed by atoms with Gasteiger partial charge in [0.2, 0.25) is 10.0 Å². The largest absolute Gasteiger partial charge is 0.478 e. The summed E-state index contributed by atoms with van der Waals surface area (Å²) < 4.78 is 27.0. The van der Waals surface area contributed by atoms with Gasteiger partial charge in [-0.05, 0) is 40.9 Å². The average molecular weight is 399 g/mol. The van der Waals surface area contributed by atoms with Crippen LogP contribution in [0.25, 0.3) is 0 Å². The minimum Gasteiger partial charge on any atom is -0.478 e. The van der Waals surface area contributed by atoms with Gasteiger partial charge in [0.25, 0.3) is 0 Å². The maximum absolute atomic E-state index is 11.8. The summed E-state index contributed by atoms with van der Waals surface area (Å²) in [5.41, 5.74) is -0.0296. The van der Waals surface area contributed by atoms with Gasteiger partial charge >= 0.3 is 5.97 Å². The molecule has 0 aliphatic heterocycles. The fraction of sp³-hybridized carbons (Fsp3) is 0.300. The van der Waals surface area contributed by atoms with E-state index in [-0.39, 0.29) is 11.3 Å². The molecule has 1 aromatic rings. The Morgan fingerprint density at radius 3 is 2.44 bits per heavy atom. The molecule has 1 aliphatic rings. The highest BCUT2D eigenvalue weighted by molar-refractivity contribution is 9.11. The van der Waals surface area contributed by atoms with E-state index in [0.29, 0.717) is 21.8 Å². The van der Waals surface area contributed by atoms with Crippen LogP contribution >= 0.6 is 31.9 Å². The number of carboxylic acids is 1. The van der Waals surface area contributed by atoms with E-state index in [9.17, 15) is 13.2 Å². The standard InChI is InChI=1S/C10H9Br2NO4S/c11-5-3-7(10(14)15)9(8(12)4-5)13-18(16,17)6-1-2-6/h3-4,6,13H,1-2H2,(H,14,15). The summed E-state index contributed by atoms with van der Waals surface area (Å²) in [5, 5.41) is 8.68. The van der Waals surface area contributed by atoms with E-state index in [1.807, 2.05) is 0 Å². The van der Waals surface area contributed by atoms with Crippen LogP contribution in [0.2, 0.25) is 0 Å². The molecule has 0 spiro atoms. The van der Waals surface area contributed by atoms with E-state index in [0.717, 1.165) is 0 Å². The van der Waals surface area contributed by atoms with Crippen molar-refractivity contribution in [2.45, 2.75) is 18.1 Å². The van der Waals surface area contributed by atoms with E-state index in [1.54, 1.807) is 6.07 Å². The van der Waals surface area contributed by atoms with Crippen molar-refractivity contribution < 1.29 is 18.3 Å². The zero-order chi connectivity index (χ0) is 13.5. The molecule has 0 amide bonds. The molecule has 0 heterocycles. The molecule has 1 aliphatic carbocycles. The van der Waals surface area contributed by atoms with Gasteiger partial charge in [0.1, 0.15) is 0 Å². The van der Waals surface area contributed by atoms with Crippen LogP contribution in [0, 0.1) is 0 Å². The Kier molecular flexibility index (Phi) is 3.70. The predicted octanol–water partition coefficient (Wildman–Crippen LogP) is 2.81. The first-order valence-corrected chi connectivity index (χ1v) is 8.18. The van der Waals surface area contributed by atoms with Gasteiger partial charge in [-0.15, -0.1) is 0 Å². The molecule has 2 N–H and O–H groups in total. The number of nitrogens with one attached hydrogen (secondary N) is 1. The molecule has 5 nitrogen and oxygen atoms in total. The summed E-state index contributed by atoms with van der Waals surface area (Å²) in [6, 6.07) is 2.95. The lowest BCUT2D eigenvalue weighted by Crippen LogP contribution is -2.19. The lowest BCUT2D eigenvalue weighted by atomic mass is 10.2. The van der Waals surface area contributed by atoms with Crippen molar-refractivity contribution in [3.05, 3.63) is 26.6 Å². The van der Waals surface area contributed by atoms with Crippen LogP contribution in [0.5, 0.6) is 0 Å². The predicted molar refractivity (Wildman–Crippen MR) is 74.4 cm³/mol. The van der Waals surface area contributed by atoms with Gasteiger partial charge in [-0.1, -0.05) is 15.9 Å². The number of aromatic carboxylic acids is 1. The normalized spacial score (nSPS) is 15.4. The van der Waals surface area contributed by atoms with Crippen molar-refractivity contribution in [2.24, 2.45) is 0 Å². The second-order valence-corrected chi connectivity index (χ2v) is 7.69. The fourth-order valence-electron chi connectivity index (χ4n) is 1.45. The van der Waals surface area contributed by atoms with E-state index in [4.69, 9.17) is 5.11 Å². The molecule has 0 atom stereocenters. The van der Waals surface area contributed by atoms with Gasteiger partial charge in [-0.2, -0.15) is 0 Å². The second kappa shape index (κ2) is 4.82. The zero-order valence-corrected chi connectivity index (χ0v) is 13.0. The van der Waals surface area contributed by atoms with Gasteiger partial charge in [-0.3, -0.25) is 4.72 Å². The van der Waals surface area contributed by atoms with Crippen molar-refractivity contribution in [3.8, 4) is 0 Å². The molecule has 0 radical (unpaired) electrons. The van der Waals surface area contributed by atoms with E-state index in [2.05, 4.69) is 36.6 Å². The molecule has 0 aromatic heterocycles. The molecule has 98 valence electrons. The Morgan fingerprint density at radius 2 is 1.94 bits per heavy atom. The van der Waals surface area contributed by atoms with Gasteiger partial charge in [0.05, 0.1) is 16.5 Å². The summed E-state index contributed by atoms with van der Waals surface area (Å²) in [6.45, 7) is 0. The first kappa shape index (κ1) is 13.8. The van der Waals surface area contributed by atoms with Crippen molar-refractivity contribution in [1.82, 2.24) is 0 Å². The lowest BCUT2D eigenvalue weighted by Gasteiger charge is -2.12. The molecule has 18 heavy (non-hydrogen) atoms. The third kappa shape index (κ3) is 2.86. The van der Waals surface area contributed by atoms with Crippen molar-refractivity contribution in [1.29, 1.82) is 0 Å². The molecule has 1 aromatic carbocycles. The summed E-state index contributed by atoms with van der Waals surface area (Å²) >= 11 is 6.33. The van der Waals surface area contributed by atoms with Gasteiger partial charge in [0.15, 0.2) is 0 Å². The molecular weight excluding hydrogens is 390 g/mol. The van der Waals surface area contributed by atoms with Crippen LogP contribution < -0.4 is 4.72 Å². The minimum atomic E-state index is -3.49. The number of carbonyl (C=O) groups is 1. The second-order valence-electron chi connectivity index (χ2n) is 3.96. The number of rotatable bonds is 4. The Hall–Kier alpha value is -0.600. The highest BCUT2D eigenvalue weighted by Gasteiger charge is 2.36. The molecule has 0 unspecified atom stereocenters. The first-order chi connectivity index (χ1) is 8.31. The van der Waals surface area contributed by atoms with Gasteiger partial charge in [-0.25, -0.2) is 13.2 Å². The average Bonchev–Trinajstić information content (AvgIpc) is 3.04. The third-order valence-electron chi connectivity index (χ3n) is 2.49.